The first-order chi connectivity index (χ1) is 18.9. The van der Waals surface area contributed by atoms with Crippen molar-refractivity contribution >= 4 is 28.4 Å². The number of nitrogen functional groups attached to an aromatic ring is 1. The molecule has 0 spiro atoms. The third-order valence-corrected chi connectivity index (χ3v) is 6.06. The molecule has 0 aliphatic carbocycles. The lowest BCUT2D eigenvalue weighted by atomic mass is 9.96. The van der Waals surface area contributed by atoms with E-state index in [4.69, 9.17) is 19.9 Å². The summed E-state index contributed by atoms with van der Waals surface area (Å²) in [6, 6.07) is 0.221. The number of nitrogens with two attached hydrogens (primary N) is 1. The lowest BCUT2D eigenvalue weighted by Gasteiger charge is -2.21. The summed E-state index contributed by atoms with van der Waals surface area (Å²) in [4.78, 5) is 24.2. The average molecular weight is 571 g/mol. The van der Waals surface area contributed by atoms with Gasteiger partial charge in [-0.2, -0.15) is 23.1 Å². The number of pyridine rings is 1. The van der Waals surface area contributed by atoms with E-state index >= 15 is 4.39 Å². The van der Waals surface area contributed by atoms with Gasteiger partial charge in [-0.25, -0.2) is 18.6 Å². The van der Waals surface area contributed by atoms with Gasteiger partial charge in [-0.05, 0) is 45.4 Å². The summed E-state index contributed by atoms with van der Waals surface area (Å²) < 4.78 is 89.2. The summed E-state index contributed by atoms with van der Waals surface area (Å²) in [5.41, 5.74) is 0.649. The van der Waals surface area contributed by atoms with E-state index < -0.39 is 76.1 Å². The highest BCUT2D eigenvalue weighted by Gasteiger charge is 2.39. The maximum atomic E-state index is 16.2. The first-order valence-corrected chi connectivity index (χ1v) is 12.4. The van der Waals surface area contributed by atoms with E-state index in [1.807, 2.05) is 0 Å². The Morgan fingerprint density at radius 3 is 2.62 bits per heavy atom. The maximum absolute atomic E-state index is 16.2. The standard InChI is InChI=1S/C25H27F5N6O4/c1-4-38-15(37)10-39-24-35-21-16-22(36-24)33-8-7-32-6-5-11(2)40-23(16)34-20(19(21)27)13-9-14(31)18(26)12(3)17(13)25(28,29)30/h9,11,32H,4-8,10,31H2,1-3H3,(H,33,35,36)/t11-/m0/s1. The average Bonchev–Trinajstić information content (AvgIpc) is 2.91. The van der Waals surface area contributed by atoms with Crippen LogP contribution in [0.1, 0.15) is 31.4 Å². The number of aromatic nitrogens is 3. The number of halogens is 5. The van der Waals surface area contributed by atoms with Crippen LogP contribution in [0.15, 0.2) is 6.07 Å². The Morgan fingerprint density at radius 2 is 1.93 bits per heavy atom. The number of carbonyl (C=O) groups is 1. The number of carbonyl (C=O) groups excluding carboxylic acids is 1. The van der Waals surface area contributed by atoms with Crippen LogP contribution in [-0.2, 0) is 15.7 Å². The summed E-state index contributed by atoms with van der Waals surface area (Å²) in [5, 5.41) is 6.12. The van der Waals surface area contributed by atoms with Crippen molar-refractivity contribution in [3.8, 4) is 23.1 Å². The molecule has 40 heavy (non-hydrogen) atoms. The number of nitrogens with zero attached hydrogens (tertiary/aromatic N) is 3. The Balaban J connectivity index is 2.02. The highest BCUT2D eigenvalue weighted by Crippen LogP contribution is 2.44. The molecule has 0 radical (unpaired) electrons. The molecule has 0 saturated heterocycles. The number of hydrogen-bond donors (Lipinski definition) is 3. The molecule has 1 atom stereocenters. The Morgan fingerprint density at radius 1 is 1.18 bits per heavy atom. The molecule has 3 heterocycles. The highest BCUT2D eigenvalue weighted by atomic mass is 19.4. The van der Waals surface area contributed by atoms with Gasteiger partial charge in [-0.3, -0.25) is 0 Å². The number of alkyl halides is 3. The molecular weight excluding hydrogens is 543 g/mol. The van der Waals surface area contributed by atoms with E-state index in [0.29, 0.717) is 32.1 Å². The Bertz CT molecular complexity index is 1440. The van der Waals surface area contributed by atoms with Gasteiger partial charge < -0.3 is 30.6 Å². The third-order valence-electron chi connectivity index (χ3n) is 6.06. The minimum absolute atomic E-state index is 0.0126. The van der Waals surface area contributed by atoms with Crippen LogP contribution in [0.5, 0.6) is 11.9 Å². The summed E-state index contributed by atoms with van der Waals surface area (Å²) in [5.74, 6) is -3.55. The molecule has 0 amide bonds. The van der Waals surface area contributed by atoms with Gasteiger partial charge in [0.25, 0.3) is 0 Å². The smallest absolute Gasteiger partial charge is 0.417 e. The second-order valence-electron chi connectivity index (χ2n) is 8.97. The zero-order chi connectivity index (χ0) is 29.2. The minimum atomic E-state index is -5.08. The van der Waals surface area contributed by atoms with Crippen LogP contribution in [0.3, 0.4) is 0 Å². The second kappa shape index (κ2) is 11.6. The first-order valence-electron chi connectivity index (χ1n) is 12.4. The Hall–Kier alpha value is -4.01. The molecule has 0 bridgehead atoms. The van der Waals surface area contributed by atoms with Crippen LogP contribution < -0.4 is 25.8 Å². The van der Waals surface area contributed by atoms with E-state index in [9.17, 15) is 22.4 Å². The lowest BCUT2D eigenvalue weighted by Crippen LogP contribution is -2.26. The van der Waals surface area contributed by atoms with Crippen molar-refractivity contribution in [2.75, 3.05) is 43.9 Å². The fourth-order valence-electron chi connectivity index (χ4n) is 4.22. The van der Waals surface area contributed by atoms with Gasteiger partial charge >= 0.3 is 18.2 Å². The van der Waals surface area contributed by atoms with E-state index in [1.54, 1.807) is 13.8 Å². The predicted molar refractivity (Wildman–Crippen MR) is 135 cm³/mol. The fraction of sp³-hybridized carbons (Fsp3) is 0.440. The number of benzene rings is 1. The number of esters is 1. The number of ether oxygens (including phenoxy) is 3. The summed E-state index contributed by atoms with van der Waals surface area (Å²) in [7, 11) is 0. The predicted octanol–water partition coefficient (Wildman–Crippen LogP) is 3.99. The summed E-state index contributed by atoms with van der Waals surface area (Å²) in [6.45, 7) is 5.03. The van der Waals surface area contributed by atoms with E-state index in [0.717, 1.165) is 6.92 Å². The van der Waals surface area contributed by atoms with Crippen molar-refractivity contribution in [3.05, 3.63) is 28.8 Å². The van der Waals surface area contributed by atoms with Gasteiger partial charge in [0.1, 0.15) is 28.2 Å². The van der Waals surface area contributed by atoms with Crippen LogP contribution in [-0.4, -0.2) is 59.9 Å². The van der Waals surface area contributed by atoms with Crippen molar-refractivity contribution < 1.29 is 41.0 Å². The number of hydrogen-bond acceptors (Lipinski definition) is 10. The highest BCUT2D eigenvalue weighted by molar-refractivity contribution is 5.96. The number of nitrogens with one attached hydrogen (secondary N) is 2. The Labute approximate surface area is 225 Å². The van der Waals surface area contributed by atoms with E-state index in [2.05, 4.69) is 25.6 Å². The van der Waals surface area contributed by atoms with Crippen LogP contribution in [0.4, 0.5) is 33.5 Å². The monoisotopic (exact) mass is 570 g/mol. The maximum Gasteiger partial charge on any atom is 0.417 e. The largest absolute Gasteiger partial charge is 0.474 e. The van der Waals surface area contributed by atoms with Crippen LogP contribution in [0.2, 0.25) is 0 Å². The molecule has 0 unspecified atom stereocenters. The first kappa shape index (κ1) is 29.0. The van der Waals surface area contributed by atoms with Crippen molar-refractivity contribution in [1.82, 2.24) is 20.3 Å². The normalized spacial score (nSPS) is 16.1. The van der Waals surface area contributed by atoms with E-state index in [-0.39, 0.29) is 23.7 Å². The molecule has 10 nitrogen and oxygen atoms in total. The fourth-order valence-corrected chi connectivity index (χ4v) is 4.22. The van der Waals surface area contributed by atoms with Gasteiger partial charge in [0, 0.05) is 18.7 Å². The molecule has 1 aliphatic heterocycles. The van der Waals surface area contributed by atoms with Crippen LogP contribution in [0, 0.1) is 18.6 Å². The quantitative estimate of drug-likeness (QED) is 0.235. The molecule has 0 fully saturated rings. The van der Waals surface area contributed by atoms with Crippen molar-refractivity contribution in [3.63, 3.8) is 0 Å². The molecule has 15 heteroatoms. The van der Waals surface area contributed by atoms with E-state index in [1.165, 1.54) is 0 Å². The van der Waals surface area contributed by atoms with Crippen molar-refractivity contribution in [1.29, 1.82) is 0 Å². The van der Waals surface area contributed by atoms with Gasteiger partial charge in [0.15, 0.2) is 12.4 Å². The summed E-state index contributed by atoms with van der Waals surface area (Å²) >= 11 is 0. The zero-order valence-electron chi connectivity index (χ0n) is 21.8. The number of anilines is 2. The molecule has 216 valence electrons. The zero-order valence-corrected chi connectivity index (χ0v) is 21.8. The van der Waals surface area contributed by atoms with Crippen molar-refractivity contribution in [2.45, 2.75) is 39.5 Å². The molecule has 1 aromatic carbocycles. The van der Waals surface area contributed by atoms with Gasteiger partial charge in [-0.1, -0.05) is 0 Å². The molecule has 2 aromatic heterocycles. The van der Waals surface area contributed by atoms with Crippen LogP contribution in [0.25, 0.3) is 22.2 Å². The second-order valence-corrected chi connectivity index (χ2v) is 8.97. The summed E-state index contributed by atoms with van der Waals surface area (Å²) in [6.07, 6.45) is -5.10. The van der Waals surface area contributed by atoms with Crippen molar-refractivity contribution in [2.24, 2.45) is 0 Å². The molecular formula is C25H27F5N6O4. The molecule has 4 rings (SSSR count). The SMILES string of the molecule is CCOC(=O)COc1nc2c3c(nc(-c4cc(N)c(F)c(C)c4C(F)(F)F)c(F)c3n1)O[C@@H](C)CCNCCN2. The molecule has 1 aliphatic rings. The van der Waals surface area contributed by atoms with Gasteiger partial charge in [-0.15, -0.1) is 0 Å². The van der Waals surface area contributed by atoms with Crippen LogP contribution >= 0.6 is 0 Å². The molecule has 0 saturated carbocycles. The third kappa shape index (κ3) is 5.93. The topological polar surface area (TPSA) is 134 Å². The lowest BCUT2D eigenvalue weighted by molar-refractivity contribution is -0.145. The van der Waals surface area contributed by atoms with Gasteiger partial charge in [0.2, 0.25) is 5.88 Å². The van der Waals surface area contributed by atoms with Gasteiger partial charge in [0.05, 0.1) is 24.0 Å². The molecule has 3 aromatic rings. The minimum Gasteiger partial charge on any atom is -0.474 e. The number of rotatable bonds is 5. The molecule has 4 N–H and O–H groups in total. The Kier molecular flexibility index (Phi) is 8.42.